The first-order valence-electron chi connectivity index (χ1n) is 3.10. The second kappa shape index (κ2) is 4.70. The van der Waals surface area contributed by atoms with Crippen LogP contribution in [0.15, 0.2) is 25.6 Å². The third kappa shape index (κ3) is 3.18. The largest absolute Gasteiger partial charge is 0.434 e. The van der Waals surface area contributed by atoms with Gasteiger partial charge in [-0.2, -0.15) is 8.78 Å². The molecule has 0 heterocycles. The summed E-state index contributed by atoms with van der Waals surface area (Å²) in [6, 6.07) is 3.18. The van der Waals surface area contributed by atoms with E-state index >= 15 is 0 Å². The maximum atomic E-state index is 11.9. The SMILES string of the molecule is FC(F)Oc1cc(Br)cc(Br)c1Br. The summed E-state index contributed by atoms with van der Waals surface area (Å²) in [5, 5.41) is 0. The van der Waals surface area contributed by atoms with Gasteiger partial charge < -0.3 is 4.74 Å². The molecule has 0 aliphatic rings. The fraction of sp³-hybridized carbons (Fsp3) is 0.143. The fourth-order valence-corrected chi connectivity index (χ4v) is 2.22. The maximum Gasteiger partial charge on any atom is 0.387 e. The van der Waals surface area contributed by atoms with Gasteiger partial charge >= 0.3 is 6.61 Å². The summed E-state index contributed by atoms with van der Waals surface area (Å²) >= 11 is 9.46. The summed E-state index contributed by atoms with van der Waals surface area (Å²) < 4.78 is 29.8. The Labute approximate surface area is 98.8 Å². The predicted octanol–water partition coefficient (Wildman–Crippen LogP) is 4.58. The third-order valence-corrected chi connectivity index (χ3v) is 3.61. The maximum absolute atomic E-state index is 11.9. The Morgan fingerprint density at radius 1 is 1.15 bits per heavy atom. The number of hydrogen-bond donors (Lipinski definition) is 0. The van der Waals surface area contributed by atoms with Crippen LogP contribution in [0.3, 0.4) is 0 Å². The van der Waals surface area contributed by atoms with Gasteiger partial charge in [0.25, 0.3) is 0 Å². The van der Waals surface area contributed by atoms with Crippen molar-refractivity contribution in [3.8, 4) is 5.75 Å². The van der Waals surface area contributed by atoms with Gasteiger partial charge in [0, 0.05) is 8.95 Å². The molecule has 0 atom stereocenters. The Morgan fingerprint density at radius 3 is 2.31 bits per heavy atom. The quantitative estimate of drug-likeness (QED) is 0.683. The Kier molecular flexibility index (Phi) is 4.12. The lowest BCUT2D eigenvalue weighted by atomic mass is 10.3. The zero-order valence-electron chi connectivity index (χ0n) is 6.03. The van der Waals surface area contributed by atoms with Crippen LogP contribution in [0.5, 0.6) is 5.75 Å². The zero-order valence-corrected chi connectivity index (χ0v) is 10.8. The van der Waals surface area contributed by atoms with Crippen LogP contribution in [0.1, 0.15) is 0 Å². The number of rotatable bonds is 2. The molecule has 0 spiro atoms. The lowest BCUT2D eigenvalue weighted by Crippen LogP contribution is -2.02. The van der Waals surface area contributed by atoms with Crippen LogP contribution in [-0.4, -0.2) is 6.61 Å². The molecule has 0 unspecified atom stereocenters. The van der Waals surface area contributed by atoms with Crippen LogP contribution in [0.4, 0.5) is 8.78 Å². The summed E-state index contributed by atoms with van der Waals surface area (Å²) in [5.74, 6) is 0.0938. The van der Waals surface area contributed by atoms with Crippen molar-refractivity contribution in [1.82, 2.24) is 0 Å². The van der Waals surface area contributed by atoms with E-state index in [2.05, 4.69) is 52.5 Å². The lowest BCUT2D eigenvalue weighted by Gasteiger charge is -2.08. The first kappa shape index (κ1) is 11.4. The highest BCUT2D eigenvalue weighted by molar-refractivity contribution is 9.13. The number of halogens is 5. The van der Waals surface area contributed by atoms with Crippen molar-refractivity contribution in [2.45, 2.75) is 6.61 Å². The number of hydrogen-bond acceptors (Lipinski definition) is 1. The van der Waals surface area contributed by atoms with Crippen molar-refractivity contribution in [2.24, 2.45) is 0 Å². The topological polar surface area (TPSA) is 9.23 Å². The van der Waals surface area contributed by atoms with Gasteiger partial charge in [0.1, 0.15) is 5.75 Å². The van der Waals surface area contributed by atoms with Crippen LogP contribution in [0.2, 0.25) is 0 Å². The highest BCUT2D eigenvalue weighted by atomic mass is 79.9. The second-order valence-electron chi connectivity index (χ2n) is 2.08. The molecule has 0 aromatic heterocycles. The van der Waals surface area contributed by atoms with E-state index in [4.69, 9.17) is 0 Å². The average molecular weight is 381 g/mol. The molecule has 13 heavy (non-hydrogen) atoms. The molecule has 1 nitrogen and oxygen atoms in total. The van der Waals surface area contributed by atoms with E-state index in [1.807, 2.05) is 0 Å². The van der Waals surface area contributed by atoms with Crippen molar-refractivity contribution in [3.63, 3.8) is 0 Å². The summed E-state index contributed by atoms with van der Waals surface area (Å²) in [7, 11) is 0. The number of ether oxygens (including phenoxy) is 1. The van der Waals surface area contributed by atoms with Gasteiger partial charge in [-0.05, 0) is 44.0 Å². The summed E-state index contributed by atoms with van der Waals surface area (Å²) in [6.45, 7) is -2.82. The van der Waals surface area contributed by atoms with Crippen molar-refractivity contribution in [1.29, 1.82) is 0 Å². The van der Waals surface area contributed by atoms with E-state index < -0.39 is 6.61 Å². The molecule has 1 aromatic rings. The molecular formula is C7H3Br3F2O. The van der Waals surface area contributed by atoms with Crippen molar-refractivity contribution in [3.05, 3.63) is 25.6 Å². The van der Waals surface area contributed by atoms with Gasteiger partial charge in [-0.1, -0.05) is 15.9 Å². The van der Waals surface area contributed by atoms with Gasteiger partial charge in [0.15, 0.2) is 0 Å². The molecule has 0 aliphatic carbocycles. The van der Waals surface area contributed by atoms with E-state index in [0.717, 1.165) is 0 Å². The Bertz CT molecular complexity index is 317. The normalized spacial score (nSPS) is 10.6. The van der Waals surface area contributed by atoms with Gasteiger partial charge in [-0.15, -0.1) is 0 Å². The monoisotopic (exact) mass is 378 g/mol. The molecule has 72 valence electrons. The minimum absolute atomic E-state index is 0.0938. The van der Waals surface area contributed by atoms with Gasteiger partial charge in [-0.3, -0.25) is 0 Å². The van der Waals surface area contributed by atoms with Gasteiger partial charge in [0.2, 0.25) is 0 Å². The van der Waals surface area contributed by atoms with Crippen LogP contribution in [0, 0.1) is 0 Å². The van der Waals surface area contributed by atoms with E-state index in [0.29, 0.717) is 13.4 Å². The summed E-state index contributed by atoms with van der Waals surface area (Å²) in [6.07, 6.45) is 0. The van der Waals surface area contributed by atoms with E-state index in [1.54, 1.807) is 6.07 Å². The molecule has 0 bridgehead atoms. The Hall–Kier alpha value is 0.320. The molecule has 0 fully saturated rings. The molecule has 1 aromatic carbocycles. The minimum atomic E-state index is -2.82. The van der Waals surface area contributed by atoms with Crippen molar-refractivity contribution < 1.29 is 13.5 Å². The molecule has 0 aliphatic heterocycles. The summed E-state index contributed by atoms with van der Waals surface area (Å²) in [5.41, 5.74) is 0. The van der Waals surface area contributed by atoms with Gasteiger partial charge in [0.05, 0.1) is 4.47 Å². The molecule has 0 N–H and O–H groups in total. The molecule has 6 heteroatoms. The lowest BCUT2D eigenvalue weighted by molar-refractivity contribution is -0.0504. The Balaban J connectivity index is 3.05. The molecule has 0 amide bonds. The van der Waals surface area contributed by atoms with Gasteiger partial charge in [-0.25, -0.2) is 0 Å². The molecule has 0 saturated heterocycles. The van der Waals surface area contributed by atoms with Crippen LogP contribution in [-0.2, 0) is 0 Å². The predicted molar refractivity (Wildman–Crippen MR) is 56.2 cm³/mol. The average Bonchev–Trinajstić information content (AvgIpc) is 1.98. The second-order valence-corrected chi connectivity index (χ2v) is 4.64. The van der Waals surface area contributed by atoms with E-state index in [-0.39, 0.29) is 5.75 Å². The number of benzene rings is 1. The fourth-order valence-electron chi connectivity index (χ4n) is 0.714. The first-order valence-corrected chi connectivity index (χ1v) is 5.48. The number of alkyl halides is 2. The molecule has 1 rings (SSSR count). The third-order valence-electron chi connectivity index (χ3n) is 1.18. The van der Waals surface area contributed by atoms with Crippen LogP contribution in [0.25, 0.3) is 0 Å². The van der Waals surface area contributed by atoms with E-state index in [1.165, 1.54) is 6.07 Å². The first-order chi connectivity index (χ1) is 6.00. The van der Waals surface area contributed by atoms with Crippen LogP contribution < -0.4 is 4.74 Å². The van der Waals surface area contributed by atoms with Crippen molar-refractivity contribution >= 4 is 47.8 Å². The smallest absolute Gasteiger partial charge is 0.387 e. The minimum Gasteiger partial charge on any atom is -0.434 e. The molecule has 0 saturated carbocycles. The molecule has 0 radical (unpaired) electrons. The highest BCUT2D eigenvalue weighted by Gasteiger charge is 2.11. The zero-order chi connectivity index (χ0) is 10.0. The van der Waals surface area contributed by atoms with Crippen LogP contribution >= 0.6 is 47.8 Å². The molecular weight excluding hydrogens is 378 g/mol. The Morgan fingerprint density at radius 2 is 1.77 bits per heavy atom. The summed E-state index contributed by atoms with van der Waals surface area (Å²) in [4.78, 5) is 0. The van der Waals surface area contributed by atoms with Crippen molar-refractivity contribution in [2.75, 3.05) is 0 Å². The standard InChI is InChI=1S/C7H3Br3F2O/c8-3-1-4(9)6(10)5(2-3)13-7(11)12/h1-2,7H. The van der Waals surface area contributed by atoms with E-state index in [9.17, 15) is 8.78 Å². The highest BCUT2D eigenvalue weighted by Crippen LogP contribution is 2.36.